The highest BCUT2D eigenvalue weighted by atomic mass is 35.5. The molecule has 2 heterocycles. The van der Waals surface area contributed by atoms with Crippen LogP contribution in [0.3, 0.4) is 0 Å². The summed E-state index contributed by atoms with van der Waals surface area (Å²) in [5.74, 6) is 0. The predicted molar refractivity (Wildman–Crippen MR) is 68.0 cm³/mol. The third-order valence-corrected chi connectivity index (χ3v) is 3.30. The molecule has 0 N–H and O–H groups in total. The van der Waals surface area contributed by atoms with Crippen LogP contribution in [0.25, 0.3) is 21.8 Å². The van der Waals surface area contributed by atoms with E-state index >= 15 is 0 Å². The molecule has 2 aromatic heterocycles. The third kappa shape index (κ3) is 1.17. The van der Waals surface area contributed by atoms with Gasteiger partial charge in [0, 0.05) is 29.5 Å². The average Bonchev–Trinajstić information content (AvgIpc) is 2.54. The number of rotatable bonds is 0. The summed E-state index contributed by atoms with van der Waals surface area (Å²) in [6.07, 6.45) is 1.76. The molecule has 0 spiro atoms. The van der Waals surface area contributed by atoms with Crippen molar-refractivity contribution in [2.75, 3.05) is 0 Å². The van der Waals surface area contributed by atoms with E-state index in [1.54, 1.807) is 6.20 Å². The summed E-state index contributed by atoms with van der Waals surface area (Å²) in [6, 6.07) is 8.44. The van der Waals surface area contributed by atoms with E-state index in [4.69, 9.17) is 11.6 Å². The highest BCUT2D eigenvalue weighted by Gasteiger charge is 2.10. The number of fused-ring (bicyclic) bond motifs is 3. The van der Waals surface area contributed by atoms with Gasteiger partial charge in [0.25, 0.3) is 0 Å². The maximum Gasteiger partial charge on any atom is 0.153 e. The minimum absolute atomic E-state index is 0.564. The lowest BCUT2D eigenvalue weighted by atomic mass is 10.1. The van der Waals surface area contributed by atoms with Gasteiger partial charge in [0.2, 0.25) is 0 Å². The van der Waals surface area contributed by atoms with E-state index in [1.807, 2.05) is 13.1 Å². The molecule has 0 saturated heterocycles. The van der Waals surface area contributed by atoms with Crippen molar-refractivity contribution in [1.82, 2.24) is 9.55 Å². The molecule has 0 unspecified atom stereocenters. The molecular weight excluding hydrogens is 220 g/mol. The monoisotopic (exact) mass is 230 g/mol. The first-order valence-electron chi connectivity index (χ1n) is 5.18. The third-order valence-electron chi connectivity index (χ3n) is 3.02. The average molecular weight is 231 g/mol. The van der Waals surface area contributed by atoms with Gasteiger partial charge in [0.1, 0.15) is 0 Å². The van der Waals surface area contributed by atoms with Gasteiger partial charge in [-0.05, 0) is 25.1 Å². The highest BCUT2D eigenvalue weighted by Crippen LogP contribution is 2.31. The fourth-order valence-electron chi connectivity index (χ4n) is 2.24. The lowest BCUT2D eigenvalue weighted by molar-refractivity contribution is 1.01. The normalized spacial score (nSPS) is 11.4. The Kier molecular flexibility index (Phi) is 1.95. The van der Waals surface area contributed by atoms with Gasteiger partial charge in [-0.2, -0.15) is 0 Å². The van der Waals surface area contributed by atoms with Gasteiger partial charge in [-0.25, -0.2) is 4.98 Å². The lowest BCUT2D eigenvalue weighted by Gasteiger charge is -1.98. The Hall–Kier alpha value is -1.54. The van der Waals surface area contributed by atoms with Gasteiger partial charge >= 0.3 is 0 Å². The number of nitrogens with zero attached hydrogens (tertiary/aromatic N) is 2. The number of hydrogen-bond acceptors (Lipinski definition) is 1. The van der Waals surface area contributed by atoms with Gasteiger partial charge in [-0.3, -0.25) is 0 Å². The second-order valence-corrected chi connectivity index (χ2v) is 4.44. The fourth-order valence-corrected chi connectivity index (χ4v) is 2.53. The molecular formula is C13H11ClN2. The Morgan fingerprint density at radius 1 is 1.19 bits per heavy atom. The van der Waals surface area contributed by atoms with Crippen LogP contribution in [0.1, 0.15) is 5.56 Å². The predicted octanol–water partition coefficient (Wildman–Crippen LogP) is 3.69. The zero-order valence-electron chi connectivity index (χ0n) is 9.16. The molecule has 1 aromatic carbocycles. The Morgan fingerprint density at radius 2 is 2.00 bits per heavy atom. The molecule has 3 aromatic rings. The molecule has 0 aliphatic heterocycles. The Balaban J connectivity index is 2.65. The number of hydrogen-bond donors (Lipinski definition) is 0. The van der Waals surface area contributed by atoms with E-state index in [-0.39, 0.29) is 0 Å². The van der Waals surface area contributed by atoms with Crippen LogP contribution in [-0.2, 0) is 7.05 Å². The maximum atomic E-state index is 6.14. The van der Waals surface area contributed by atoms with E-state index in [2.05, 4.69) is 34.7 Å². The molecule has 0 radical (unpaired) electrons. The van der Waals surface area contributed by atoms with Gasteiger partial charge in [0.15, 0.2) is 5.15 Å². The molecule has 16 heavy (non-hydrogen) atoms. The van der Waals surface area contributed by atoms with Crippen molar-refractivity contribution in [2.24, 2.45) is 7.05 Å². The quantitative estimate of drug-likeness (QED) is 0.539. The Bertz CT molecular complexity index is 698. The van der Waals surface area contributed by atoms with Crippen molar-refractivity contribution in [3.05, 3.63) is 41.2 Å². The molecule has 0 atom stereocenters. The first-order chi connectivity index (χ1) is 7.68. The van der Waals surface area contributed by atoms with E-state index in [9.17, 15) is 0 Å². The topological polar surface area (TPSA) is 17.8 Å². The van der Waals surface area contributed by atoms with Crippen LogP contribution in [0.5, 0.6) is 0 Å². The number of pyridine rings is 1. The van der Waals surface area contributed by atoms with Crippen LogP contribution >= 0.6 is 11.6 Å². The molecule has 3 heteroatoms. The van der Waals surface area contributed by atoms with Crippen LogP contribution < -0.4 is 0 Å². The van der Waals surface area contributed by atoms with Crippen molar-refractivity contribution in [3.8, 4) is 0 Å². The standard InChI is InChI=1S/C13H11ClN2/c1-8-3-4-11-10(7-8)9-5-6-15-13(14)12(9)16(11)2/h3-7H,1-2H3. The van der Waals surface area contributed by atoms with Crippen LogP contribution in [0, 0.1) is 6.92 Å². The zero-order valence-corrected chi connectivity index (χ0v) is 9.92. The highest BCUT2D eigenvalue weighted by molar-refractivity contribution is 6.35. The number of aryl methyl sites for hydroxylation is 2. The minimum atomic E-state index is 0.564. The Morgan fingerprint density at radius 3 is 2.81 bits per heavy atom. The summed E-state index contributed by atoms with van der Waals surface area (Å²) in [5.41, 5.74) is 3.45. The first kappa shape index (κ1) is 9.67. The van der Waals surface area contributed by atoms with Gasteiger partial charge < -0.3 is 4.57 Å². The summed E-state index contributed by atoms with van der Waals surface area (Å²) in [5, 5.41) is 2.97. The molecule has 0 aliphatic rings. The fraction of sp³-hybridized carbons (Fsp3) is 0.154. The number of aromatic nitrogens is 2. The summed E-state index contributed by atoms with van der Waals surface area (Å²) < 4.78 is 2.10. The molecule has 0 amide bonds. The zero-order chi connectivity index (χ0) is 11.3. The van der Waals surface area contributed by atoms with E-state index < -0.39 is 0 Å². The minimum Gasteiger partial charge on any atom is -0.341 e. The largest absolute Gasteiger partial charge is 0.341 e. The summed E-state index contributed by atoms with van der Waals surface area (Å²) in [4.78, 5) is 4.13. The molecule has 0 fully saturated rings. The smallest absolute Gasteiger partial charge is 0.153 e. The maximum absolute atomic E-state index is 6.14. The van der Waals surface area contributed by atoms with E-state index in [0.717, 1.165) is 5.52 Å². The van der Waals surface area contributed by atoms with Crippen molar-refractivity contribution in [2.45, 2.75) is 6.92 Å². The van der Waals surface area contributed by atoms with E-state index in [1.165, 1.54) is 21.9 Å². The SMILES string of the molecule is Cc1ccc2c(c1)c1ccnc(Cl)c1n2C. The van der Waals surface area contributed by atoms with Crippen molar-refractivity contribution in [3.63, 3.8) is 0 Å². The van der Waals surface area contributed by atoms with Crippen LogP contribution in [0.2, 0.25) is 5.15 Å². The summed E-state index contributed by atoms with van der Waals surface area (Å²) in [6.45, 7) is 2.10. The van der Waals surface area contributed by atoms with Crippen molar-refractivity contribution < 1.29 is 0 Å². The molecule has 0 aliphatic carbocycles. The Labute approximate surface area is 98.5 Å². The van der Waals surface area contributed by atoms with Crippen molar-refractivity contribution in [1.29, 1.82) is 0 Å². The number of halogens is 1. The molecule has 0 bridgehead atoms. The second-order valence-electron chi connectivity index (χ2n) is 4.08. The molecule has 2 nitrogen and oxygen atoms in total. The number of benzene rings is 1. The van der Waals surface area contributed by atoms with Crippen LogP contribution in [0.4, 0.5) is 0 Å². The summed E-state index contributed by atoms with van der Waals surface area (Å²) in [7, 11) is 2.02. The molecule has 3 rings (SSSR count). The van der Waals surface area contributed by atoms with Crippen LogP contribution in [-0.4, -0.2) is 9.55 Å². The van der Waals surface area contributed by atoms with Crippen LogP contribution in [0.15, 0.2) is 30.5 Å². The van der Waals surface area contributed by atoms with E-state index in [0.29, 0.717) is 5.15 Å². The van der Waals surface area contributed by atoms with Gasteiger partial charge in [-0.15, -0.1) is 0 Å². The summed E-state index contributed by atoms with van der Waals surface area (Å²) >= 11 is 6.14. The first-order valence-corrected chi connectivity index (χ1v) is 5.55. The van der Waals surface area contributed by atoms with Crippen molar-refractivity contribution >= 4 is 33.4 Å². The lowest BCUT2D eigenvalue weighted by Crippen LogP contribution is -1.88. The molecule has 0 saturated carbocycles. The molecule has 80 valence electrons. The second kappa shape index (κ2) is 3.22. The van der Waals surface area contributed by atoms with Gasteiger partial charge in [0.05, 0.1) is 5.52 Å². The van der Waals surface area contributed by atoms with Gasteiger partial charge in [-0.1, -0.05) is 23.2 Å².